The number of rotatable bonds is 11. The Bertz CT molecular complexity index is 1060. The van der Waals surface area contributed by atoms with Crippen molar-refractivity contribution in [2.75, 3.05) is 26.7 Å². The molecule has 0 spiro atoms. The second kappa shape index (κ2) is 11.7. The first kappa shape index (κ1) is 24.5. The van der Waals surface area contributed by atoms with Crippen molar-refractivity contribution in [2.24, 2.45) is 0 Å². The topological polar surface area (TPSA) is 59.4 Å². The molecule has 3 rings (SSSR count). The quantitative estimate of drug-likeness (QED) is 0.444. The summed E-state index contributed by atoms with van der Waals surface area (Å²) in [6, 6.07) is 17.7. The maximum atomic E-state index is 13.3. The van der Waals surface area contributed by atoms with Gasteiger partial charge in [0.05, 0.1) is 18.5 Å². The largest absolute Gasteiger partial charge is 0.497 e. The first-order chi connectivity index (χ1) is 15.9. The van der Waals surface area contributed by atoms with Crippen molar-refractivity contribution < 1.29 is 9.53 Å². The van der Waals surface area contributed by atoms with Crippen molar-refractivity contribution in [3.63, 3.8) is 0 Å². The molecular weight excluding hydrogens is 412 g/mol. The molecule has 0 radical (unpaired) electrons. The number of amides is 1. The van der Waals surface area contributed by atoms with E-state index in [4.69, 9.17) is 9.84 Å². The Labute approximate surface area is 197 Å². The highest BCUT2D eigenvalue weighted by atomic mass is 16.5. The van der Waals surface area contributed by atoms with Crippen LogP contribution in [-0.4, -0.2) is 53.4 Å². The molecule has 0 bridgehead atoms. The lowest BCUT2D eigenvalue weighted by atomic mass is 10.1. The third-order valence-corrected chi connectivity index (χ3v) is 5.94. The van der Waals surface area contributed by atoms with Crippen LogP contribution in [0.4, 0.5) is 0 Å². The minimum atomic E-state index is -0.117. The van der Waals surface area contributed by atoms with Gasteiger partial charge in [-0.15, -0.1) is 0 Å². The molecule has 1 atom stereocenters. The summed E-state index contributed by atoms with van der Waals surface area (Å²) < 4.78 is 7.10. The smallest absolute Gasteiger partial charge is 0.270 e. The summed E-state index contributed by atoms with van der Waals surface area (Å²) in [5, 5.41) is 7.97. The van der Waals surface area contributed by atoms with Gasteiger partial charge in [0.25, 0.3) is 5.91 Å². The molecule has 6 nitrogen and oxygen atoms in total. The minimum Gasteiger partial charge on any atom is -0.497 e. The van der Waals surface area contributed by atoms with Gasteiger partial charge in [-0.1, -0.05) is 38.1 Å². The molecule has 1 N–H and O–H groups in total. The van der Waals surface area contributed by atoms with E-state index in [1.807, 2.05) is 61.5 Å². The number of benzene rings is 2. The molecule has 1 unspecified atom stereocenters. The summed E-state index contributed by atoms with van der Waals surface area (Å²) in [7, 11) is 1.64. The van der Waals surface area contributed by atoms with Gasteiger partial charge in [0.1, 0.15) is 11.4 Å². The van der Waals surface area contributed by atoms with Gasteiger partial charge in [-0.3, -0.25) is 4.79 Å². The van der Waals surface area contributed by atoms with E-state index in [1.54, 1.807) is 11.8 Å². The molecule has 176 valence electrons. The van der Waals surface area contributed by atoms with Crippen molar-refractivity contribution in [2.45, 2.75) is 46.6 Å². The Morgan fingerprint density at radius 1 is 1.12 bits per heavy atom. The second-order valence-corrected chi connectivity index (χ2v) is 8.44. The zero-order valence-corrected chi connectivity index (χ0v) is 20.5. The van der Waals surface area contributed by atoms with Gasteiger partial charge in [0.2, 0.25) is 0 Å². The summed E-state index contributed by atoms with van der Waals surface area (Å²) in [4.78, 5) is 15.7. The molecule has 1 aromatic heterocycles. The lowest BCUT2D eigenvalue weighted by Crippen LogP contribution is -2.34. The average molecular weight is 449 g/mol. The zero-order chi connectivity index (χ0) is 23.8. The fourth-order valence-corrected chi connectivity index (χ4v) is 3.95. The third-order valence-electron chi connectivity index (χ3n) is 5.94. The van der Waals surface area contributed by atoms with Crippen LogP contribution in [0.25, 0.3) is 16.9 Å². The number of hydrogen-bond donors (Lipinski definition) is 1. The first-order valence-electron chi connectivity index (χ1n) is 11.8. The van der Waals surface area contributed by atoms with E-state index in [1.165, 1.54) is 0 Å². The molecule has 3 aromatic rings. The SMILES string of the molecule is CCN(CC)CCCC(C)NC(=O)c1cc(-c2cccc(OC)c2)nn1-c1cccc(C)c1. The van der Waals surface area contributed by atoms with Crippen LogP contribution in [0.2, 0.25) is 0 Å². The van der Waals surface area contributed by atoms with Gasteiger partial charge in [0, 0.05) is 11.6 Å². The van der Waals surface area contributed by atoms with Crippen molar-refractivity contribution in [3.8, 4) is 22.7 Å². The molecule has 1 amide bonds. The minimum absolute atomic E-state index is 0.0780. The fourth-order valence-electron chi connectivity index (χ4n) is 3.95. The van der Waals surface area contributed by atoms with Crippen LogP contribution in [0.5, 0.6) is 5.75 Å². The predicted octanol–water partition coefficient (Wildman–Crippen LogP) is 5.10. The molecule has 0 fully saturated rings. The van der Waals surface area contributed by atoms with Gasteiger partial charge < -0.3 is 15.0 Å². The Kier molecular flexibility index (Phi) is 8.66. The van der Waals surface area contributed by atoms with Crippen molar-refractivity contribution in [1.29, 1.82) is 0 Å². The molecule has 0 saturated heterocycles. The van der Waals surface area contributed by atoms with Crippen molar-refractivity contribution in [1.82, 2.24) is 20.0 Å². The van der Waals surface area contributed by atoms with E-state index in [-0.39, 0.29) is 11.9 Å². The molecule has 33 heavy (non-hydrogen) atoms. The lowest BCUT2D eigenvalue weighted by Gasteiger charge is -2.20. The van der Waals surface area contributed by atoms with E-state index in [0.29, 0.717) is 5.69 Å². The molecule has 0 aliphatic heterocycles. The molecule has 1 heterocycles. The standard InChI is InChI=1S/C27H36N4O2/c1-6-30(7-2)16-10-12-21(4)28-27(32)26-19-25(22-13-9-15-24(18-22)33-5)29-31(26)23-14-8-11-20(3)17-23/h8-9,11,13-15,17-19,21H,6-7,10,12,16H2,1-5H3,(H,28,32). The number of methoxy groups -OCH3 is 1. The van der Waals surface area contributed by atoms with Crippen LogP contribution in [0.15, 0.2) is 54.6 Å². The first-order valence-corrected chi connectivity index (χ1v) is 11.8. The van der Waals surface area contributed by atoms with Crippen LogP contribution in [0, 0.1) is 6.92 Å². The average Bonchev–Trinajstić information content (AvgIpc) is 3.28. The molecular formula is C27H36N4O2. The van der Waals surface area contributed by atoms with Crippen LogP contribution in [-0.2, 0) is 0 Å². The number of hydrogen-bond acceptors (Lipinski definition) is 4. The van der Waals surface area contributed by atoms with Crippen molar-refractivity contribution in [3.05, 3.63) is 65.9 Å². The molecule has 2 aromatic carbocycles. The van der Waals surface area contributed by atoms with E-state index in [2.05, 4.69) is 31.0 Å². The summed E-state index contributed by atoms with van der Waals surface area (Å²) in [6.45, 7) is 11.6. The van der Waals surface area contributed by atoms with Crippen LogP contribution < -0.4 is 10.1 Å². The highest BCUT2D eigenvalue weighted by molar-refractivity contribution is 5.94. The number of nitrogens with one attached hydrogen (secondary N) is 1. The fraction of sp³-hybridized carbons (Fsp3) is 0.407. The van der Waals surface area contributed by atoms with Gasteiger partial charge in [0.15, 0.2) is 0 Å². The van der Waals surface area contributed by atoms with Crippen molar-refractivity contribution >= 4 is 5.91 Å². The zero-order valence-electron chi connectivity index (χ0n) is 20.5. The number of carbonyl (C=O) groups is 1. The molecule has 6 heteroatoms. The Hall–Kier alpha value is -3.12. The Morgan fingerprint density at radius 3 is 2.58 bits per heavy atom. The van der Waals surface area contributed by atoms with Gasteiger partial charge in [-0.05, 0) is 82.2 Å². The highest BCUT2D eigenvalue weighted by Crippen LogP contribution is 2.25. The van der Waals surface area contributed by atoms with Gasteiger partial charge in [-0.2, -0.15) is 5.10 Å². The van der Waals surface area contributed by atoms with E-state index in [9.17, 15) is 4.79 Å². The number of ether oxygens (including phenoxy) is 1. The maximum Gasteiger partial charge on any atom is 0.270 e. The highest BCUT2D eigenvalue weighted by Gasteiger charge is 2.19. The Morgan fingerprint density at radius 2 is 1.88 bits per heavy atom. The van der Waals surface area contributed by atoms with Gasteiger partial charge >= 0.3 is 0 Å². The van der Waals surface area contributed by atoms with Crippen LogP contribution in [0.1, 0.15) is 49.7 Å². The summed E-state index contributed by atoms with van der Waals surface area (Å²) in [5.41, 5.74) is 4.14. The summed E-state index contributed by atoms with van der Waals surface area (Å²) >= 11 is 0. The second-order valence-electron chi connectivity index (χ2n) is 8.44. The van der Waals surface area contributed by atoms with Crippen LogP contribution in [0.3, 0.4) is 0 Å². The predicted molar refractivity (Wildman–Crippen MR) is 134 cm³/mol. The molecule has 0 aliphatic rings. The summed E-state index contributed by atoms with van der Waals surface area (Å²) in [5.74, 6) is 0.638. The third kappa shape index (κ3) is 6.45. The lowest BCUT2D eigenvalue weighted by molar-refractivity contribution is 0.0929. The number of nitrogens with zero attached hydrogens (tertiary/aromatic N) is 3. The van der Waals surface area contributed by atoms with Gasteiger partial charge in [-0.25, -0.2) is 4.68 Å². The normalized spacial score (nSPS) is 12.1. The number of aromatic nitrogens is 2. The Balaban J connectivity index is 1.84. The number of aryl methyl sites for hydroxylation is 1. The maximum absolute atomic E-state index is 13.3. The van der Waals surface area contributed by atoms with E-state index < -0.39 is 0 Å². The summed E-state index contributed by atoms with van der Waals surface area (Å²) in [6.07, 6.45) is 1.99. The molecule has 0 saturated carbocycles. The monoisotopic (exact) mass is 448 g/mol. The van der Waals surface area contributed by atoms with Crippen LogP contribution >= 0.6 is 0 Å². The molecule has 0 aliphatic carbocycles. The number of carbonyl (C=O) groups excluding carboxylic acids is 1. The van der Waals surface area contributed by atoms with E-state index in [0.717, 1.165) is 60.7 Å². The van der Waals surface area contributed by atoms with E-state index >= 15 is 0 Å².